The fourth-order valence-corrected chi connectivity index (χ4v) is 1.85. The van der Waals surface area contributed by atoms with Crippen molar-refractivity contribution < 1.29 is 9.84 Å². The quantitative estimate of drug-likeness (QED) is 0.622. The van der Waals surface area contributed by atoms with Crippen LogP contribution >= 0.6 is 0 Å². The van der Waals surface area contributed by atoms with Crippen molar-refractivity contribution in [3.05, 3.63) is 0 Å². The van der Waals surface area contributed by atoms with Crippen LogP contribution in [0.3, 0.4) is 0 Å². The van der Waals surface area contributed by atoms with Gasteiger partial charge in [-0.25, -0.2) is 0 Å². The minimum Gasteiger partial charge on any atom is -0.395 e. The molecule has 0 aliphatic carbocycles. The van der Waals surface area contributed by atoms with Gasteiger partial charge < -0.3 is 15.6 Å². The largest absolute Gasteiger partial charge is 0.395 e. The minimum atomic E-state index is -0.00891. The average molecular weight is 188 g/mol. The van der Waals surface area contributed by atoms with Crippen molar-refractivity contribution in [3.63, 3.8) is 0 Å². The highest BCUT2D eigenvalue weighted by Gasteiger charge is 2.34. The lowest BCUT2D eigenvalue weighted by Crippen LogP contribution is -2.59. The number of ether oxygens (including phenoxy) is 1. The molecule has 1 rings (SSSR count). The summed E-state index contributed by atoms with van der Waals surface area (Å²) in [5, 5.41) is 9.15. The number of morpholine rings is 1. The molecule has 0 aromatic heterocycles. The third-order valence-electron chi connectivity index (χ3n) is 2.63. The molecule has 1 unspecified atom stereocenters. The predicted molar refractivity (Wildman–Crippen MR) is 51.5 cm³/mol. The summed E-state index contributed by atoms with van der Waals surface area (Å²) in [7, 11) is 0. The fourth-order valence-electron chi connectivity index (χ4n) is 1.85. The van der Waals surface area contributed by atoms with Crippen molar-refractivity contribution in [1.29, 1.82) is 0 Å². The first-order valence-corrected chi connectivity index (χ1v) is 4.77. The third-order valence-corrected chi connectivity index (χ3v) is 2.63. The summed E-state index contributed by atoms with van der Waals surface area (Å²) >= 11 is 0. The fraction of sp³-hybridized carbons (Fsp3) is 1.00. The van der Waals surface area contributed by atoms with E-state index in [9.17, 15) is 0 Å². The zero-order valence-electron chi connectivity index (χ0n) is 8.49. The van der Waals surface area contributed by atoms with Crippen molar-refractivity contribution in [2.45, 2.75) is 25.4 Å². The van der Waals surface area contributed by atoms with Crippen LogP contribution in [0, 0.1) is 0 Å². The van der Waals surface area contributed by atoms with Gasteiger partial charge in [0, 0.05) is 24.7 Å². The highest BCUT2D eigenvalue weighted by Crippen LogP contribution is 2.21. The van der Waals surface area contributed by atoms with Gasteiger partial charge in [-0.1, -0.05) is 0 Å². The van der Waals surface area contributed by atoms with E-state index in [1.807, 2.05) is 0 Å². The summed E-state index contributed by atoms with van der Waals surface area (Å²) in [6.45, 7) is 7.16. The molecule has 0 bridgehead atoms. The Bertz CT molecular complexity index is 158. The van der Waals surface area contributed by atoms with Crippen LogP contribution in [-0.4, -0.2) is 54.5 Å². The third kappa shape index (κ3) is 2.40. The maximum absolute atomic E-state index is 9.15. The summed E-state index contributed by atoms with van der Waals surface area (Å²) in [6.07, 6.45) is 0. The maximum Gasteiger partial charge on any atom is 0.0645 e. The van der Waals surface area contributed by atoms with Crippen molar-refractivity contribution in [2.75, 3.05) is 32.9 Å². The van der Waals surface area contributed by atoms with Crippen LogP contribution in [0.1, 0.15) is 13.8 Å². The normalized spacial score (nSPS) is 25.8. The first-order chi connectivity index (χ1) is 6.11. The second-order valence-electron chi connectivity index (χ2n) is 4.13. The maximum atomic E-state index is 9.15. The number of nitrogens with zero attached hydrogens (tertiary/aromatic N) is 1. The van der Waals surface area contributed by atoms with E-state index in [4.69, 9.17) is 15.6 Å². The second kappa shape index (κ2) is 4.37. The van der Waals surface area contributed by atoms with Gasteiger partial charge in [0.1, 0.15) is 0 Å². The van der Waals surface area contributed by atoms with Gasteiger partial charge in [-0.3, -0.25) is 4.90 Å². The Morgan fingerprint density at radius 2 is 2.31 bits per heavy atom. The van der Waals surface area contributed by atoms with Crippen LogP contribution in [0.2, 0.25) is 0 Å². The van der Waals surface area contributed by atoms with Crippen LogP contribution in [0.4, 0.5) is 0 Å². The van der Waals surface area contributed by atoms with Crippen molar-refractivity contribution in [1.82, 2.24) is 4.90 Å². The van der Waals surface area contributed by atoms with Gasteiger partial charge in [-0.05, 0) is 13.8 Å². The zero-order valence-corrected chi connectivity index (χ0v) is 8.49. The molecule has 1 atom stereocenters. The van der Waals surface area contributed by atoms with E-state index >= 15 is 0 Å². The molecular weight excluding hydrogens is 168 g/mol. The van der Waals surface area contributed by atoms with Crippen LogP contribution in [0.25, 0.3) is 0 Å². The zero-order chi connectivity index (χ0) is 9.90. The Morgan fingerprint density at radius 3 is 2.77 bits per heavy atom. The number of nitrogens with two attached hydrogens (primary N) is 1. The molecule has 0 aromatic rings. The molecule has 4 heteroatoms. The lowest BCUT2D eigenvalue weighted by Gasteiger charge is -2.45. The van der Waals surface area contributed by atoms with E-state index in [1.165, 1.54) is 0 Å². The summed E-state index contributed by atoms with van der Waals surface area (Å²) < 4.78 is 5.39. The summed E-state index contributed by atoms with van der Waals surface area (Å²) in [4.78, 5) is 2.23. The van der Waals surface area contributed by atoms with Crippen LogP contribution < -0.4 is 5.73 Å². The number of aliphatic hydroxyl groups is 1. The van der Waals surface area contributed by atoms with Gasteiger partial charge in [-0.15, -0.1) is 0 Å². The molecule has 4 nitrogen and oxygen atoms in total. The summed E-state index contributed by atoms with van der Waals surface area (Å²) in [5.41, 5.74) is 5.58. The van der Waals surface area contributed by atoms with Gasteiger partial charge in [0.2, 0.25) is 0 Å². The second-order valence-corrected chi connectivity index (χ2v) is 4.13. The van der Waals surface area contributed by atoms with Gasteiger partial charge in [0.25, 0.3) is 0 Å². The lowest BCUT2D eigenvalue weighted by atomic mass is 10.00. The average Bonchev–Trinajstić information content (AvgIpc) is 2.09. The molecule has 0 radical (unpaired) electrons. The van der Waals surface area contributed by atoms with Crippen LogP contribution in [0.5, 0.6) is 0 Å². The van der Waals surface area contributed by atoms with E-state index in [-0.39, 0.29) is 18.2 Å². The summed E-state index contributed by atoms with van der Waals surface area (Å²) in [6, 6.07) is 0.0684. The van der Waals surface area contributed by atoms with Gasteiger partial charge in [0.05, 0.1) is 19.8 Å². The van der Waals surface area contributed by atoms with Crippen molar-refractivity contribution in [3.8, 4) is 0 Å². The van der Waals surface area contributed by atoms with E-state index in [2.05, 4.69) is 18.7 Å². The Kier molecular flexibility index (Phi) is 3.67. The van der Waals surface area contributed by atoms with Gasteiger partial charge in [-0.2, -0.15) is 0 Å². The molecule has 0 amide bonds. The SMILES string of the molecule is CC1(C)COCCN1C(CN)CO. The first-order valence-electron chi connectivity index (χ1n) is 4.77. The lowest BCUT2D eigenvalue weighted by molar-refractivity contribution is -0.0786. The predicted octanol–water partition coefficient (Wildman–Crippen LogP) is -0.583. The molecular formula is C9H20N2O2. The molecule has 13 heavy (non-hydrogen) atoms. The Morgan fingerprint density at radius 1 is 1.62 bits per heavy atom. The molecule has 1 saturated heterocycles. The molecule has 78 valence electrons. The highest BCUT2D eigenvalue weighted by molar-refractivity contribution is 4.89. The van der Waals surface area contributed by atoms with E-state index in [0.717, 1.165) is 13.2 Å². The number of hydrogen-bond donors (Lipinski definition) is 2. The number of aliphatic hydroxyl groups excluding tert-OH is 1. The van der Waals surface area contributed by atoms with E-state index in [0.29, 0.717) is 13.2 Å². The van der Waals surface area contributed by atoms with E-state index < -0.39 is 0 Å². The van der Waals surface area contributed by atoms with Crippen molar-refractivity contribution in [2.24, 2.45) is 5.73 Å². The van der Waals surface area contributed by atoms with Crippen LogP contribution in [-0.2, 0) is 4.74 Å². The molecule has 1 fully saturated rings. The first kappa shape index (κ1) is 10.9. The molecule has 3 N–H and O–H groups in total. The highest BCUT2D eigenvalue weighted by atomic mass is 16.5. The molecule has 0 saturated carbocycles. The molecule has 0 aromatic carbocycles. The van der Waals surface area contributed by atoms with Crippen molar-refractivity contribution >= 4 is 0 Å². The number of hydrogen-bond acceptors (Lipinski definition) is 4. The van der Waals surface area contributed by atoms with Gasteiger partial charge in [0.15, 0.2) is 0 Å². The smallest absolute Gasteiger partial charge is 0.0645 e. The Balaban J connectivity index is 2.63. The minimum absolute atomic E-state index is 0.00891. The Hall–Kier alpha value is -0.160. The van der Waals surface area contributed by atoms with E-state index in [1.54, 1.807) is 0 Å². The van der Waals surface area contributed by atoms with Gasteiger partial charge >= 0.3 is 0 Å². The molecule has 1 heterocycles. The standard InChI is InChI=1S/C9H20N2O2/c1-9(2)7-13-4-3-11(9)8(5-10)6-12/h8,12H,3-7,10H2,1-2H3. The molecule has 1 aliphatic rings. The molecule has 0 spiro atoms. The summed E-state index contributed by atoms with van der Waals surface area (Å²) in [5.74, 6) is 0. The Labute approximate surface area is 79.7 Å². The molecule has 1 aliphatic heterocycles. The van der Waals surface area contributed by atoms with Crippen LogP contribution in [0.15, 0.2) is 0 Å². The monoisotopic (exact) mass is 188 g/mol. The topological polar surface area (TPSA) is 58.7 Å². The number of rotatable bonds is 3.